The van der Waals surface area contributed by atoms with Gasteiger partial charge in [0.05, 0.1) is 6.20 Å². The molecule has 0 bridgehead atoms. The lowest BCUT2D eigenvalue weighted by molar-refractivity contribution is 0.470. The third kappa shape index (κ3) is 1.87. The van der Waals surface area contributed by atoms with Crippen LogP contribution >= 0.6 is 11.8 Å². The van der Waals surface area contributed by atoms with Crippen LogP contribution in [0.5, 0.6) is 5.75 Å². The molecule has 3 heterocycles. The minimum Gasteiger partial charge on any atom is -0.506 e. The molecule has 1 N–H and O–H groups in total. The Morgan fingerprint density at radius 3 is 3.25 bits per heavy atom. The molecule has 2 aromatic heterocycles. The van der Waals surface area contributed by atoms with Gasteiger partial charge in [-0.15, -0.1) is 0 Å². The molecule has 2 aromatic rings. The van der Waals surface area contributed by atoms with Crippen LogP contribution in [0, 0.1) is 5.92 Å². The highest BCUT2D eigenvalue weighted by atomic mass is 32.2. The molecule has 1 aliphatic heterocycles. The first-order valence-electron chi connectivity index (χ1n) is 5.43. The van der Waals surface area contributed by atoms with Crippen LogP contribution in [0.25, 0.3) is 5.65 Å². The highest BCUT2D eigenvalue weighted by molar-refractivity contribution is 7.99. The molecule has 16 heavy (non-hydrogen) atoms. The van der Waals surface area contributed by atoms with E-state index in [4.69, 9.17) is 0 Å². The van der Waals surface area contributed by atoms with Crippen molar-refractivity contribution in [1.82, 2.24) is 14.6 Å². The molecule has 0 spiro atoms. The van der Waals surface area contributed by atoms with Gasteiger partial charge in [-0.1, -0.05) is 0 Å². The number of hydrogen-bond acceptors (Lipinski definition) is 4. The van der Waals surface area contributed by atoms with Gasteiger partial charge in [-0.2, -0.15) is 16.9 Å². The van der Waals surface area contributed by atoms with E-state index >= 15 is 0 Å². The zero-order valence-electron chi connectivity index (χ0n) is 8.83. The molecule has 1 aliphatic rings. The van der Waals surface area contributed by atoms with Crippen LogP contribution in [0.15, 0.2) is 18.3 Å². The lowest BCUT2D eigenvalue weighted by Crippen LogP contribution is -2.04. The molecule has 1 saturated heterocycles. The zero-order chi connectivity index (χ0) is 11.0. The lowest BCUT2D eigenvalue weighted by atomic mass is 10.1. The number of aromatic hydroxyl groups is 1. The van der Waals surface area contributed by atoms with Crippen molar-refractivity contribution in [2.24, 2.45) is 5.92 Å². The SMILES string of the molecule is Oc1ccc2nc(CC3CCSC3)nn2c1. The van der Waals surface area contributed by atoms with Crippen molar-refractivity contribution >= 4 is 17.4 Å². The summed E-state index contributed by atoms with van der Waals surface area (Å²) >= 11 is 2.01. The van der Waals surface area contributed by atoms with Gasteiger partial charge in [-0.3, -0.25) is 0 Å². The summed E-state index contributed by atoms with van der Waals surface area (Å²) in [6.45, 7) is 0. The summed E-state index contributed by atoms with van der Waals surface area (Å²) in [6.07, 6.45) is 3.82. The van der Waals surface area contributed by atoms with Crippen LogP contribution in [0.3, 0.4) is 0 Å². The van der Waals surface area contributed by atoms with Crippen molar-refractivity contribution in [3.05, 3.63) is 24.2 Å². The molecule has 1 fully saturated rings. The fourth-order valence-electron chi connectivity index (χ4n) is 2.01. The van der Waals surface area contributed by atoms with Gasteiger partial charge in [-0.25, -0.2) is 9.50 Å². The van der Waals surface area contributed by atoms with Gasteiger partial charge < -0.3 is 5.11 Å². The van der Waals surface area contributed by atoms with E-state index in [9.17, 15) is 5.11 Å². The van der Waals surface area contributed by atoms with Crippen LogP contribution in [0.1, 0.15) is 12.2 Å². The van der Waals surface area contributed by atoms with Gasteiger partial charge in [0.1, 0.15) is 5.75 Å². The first kappa shape index (κ1) is 9.96. The quantitative estimate of drug-likeness (QED) is 0.861. The van der Waals surface area contributed by atoms with Crippen LogP contribution in [-0.2, 0) is 6.42 Å². The van der Waals surface area contributed by atoms with Crippen LogP contribution in [0.4, 0.5) is 0 Å². The Morgan fingerprint density at radius 2 is 2.44 bits per heavy atom. The summed E-state index contributed by atoms with van der Waals surface area (Å²) in [5, 5.41) is 13.7. The molecule has 0 saturated carbocycles. The monoisotopic (exact) mass is 235 g/mol. The maximum atomic E-state index is 9.33. The first-order chi connectivity index (χ1) is 7.81. The summed E-state index contributed by atoms with van der Waals surface area (Å²) < 4.78 is 1.65. The van der Waals surface area contributed by atoms with Crippen molar-refractivity contribution in [1.29, 1.82) is 0 Å². The lowest BCUT2D eigenvalue weighted by Gasteiger charge is -2.02. The van der Waals surface area contributed by atoms with E-state index in [0.717, 1.165) is 23.8 Å². The van der Waals surface area contributed by atoms with Crippen molar-refractivity contribution in [2.45, 2.75) is 12.8 Å². The molecule has 1 unspecified atom stereocenters. The van der Waals surface area contributed by atoms with E-state index in [2.05, 4.69) is 10.1 Å². The number of rotatable bonds is 2. The minimum absolute atomic E-state index is 0.223. The van der Waals surface area contributed by atoms with E-state index in [0.29, 0.717) is 0 Å². The Morgan fingerprint density at radius 1 is 1.50 bits per heavy atom. The molecule has 1 atom stereocenters. The van der Waals surface area contributed by atoms with Crippen molar-refractivity contribution in [3.8, 4) is 5.75 Å². The Labute approximate surface area is 97.7 Å². The topological polar surface area (TPSA) is 50.4 Å². The highest BCUT2D eigenvalue weighted by Crippen LogP contribution is 2.25. The fourth-order valence-corrected chi connectivity index (χ4v) is 3.29. The van der Waals surface area contributed by atoms with Crippen molar-refractivity contribution < 1.29 is 5.11 Å². The third-order valence-electron chi connectivity index (χ3n) is 2.85. The molecule has 4 nitrogen and oxygen atoms in total. The second-order valence-corrected chi connectivity index (χ2v) is 5.30. The van der Waals surface area contributed by atoms with E-state index in [1.807, 2.05) is 11.8 Å². The maximum absolute atomic E-state index is 9.33. The number of fused-ring (bicyclic) bond motifs is 1. The summed E-state index contributed by atoms with van der Waals surface area (Å²) in [5.41, 5.74) is 0.804. The van der Waals surface area contributed by atoms with E-state index < -0.39 is 0 Å². The van der Waals surface area contributed by atoms with Crippen molar-refractivity contribution in [3.63, 3.8) is 0 Å². The Bertz CT molecular complexity index is 505. The molecule has 0 amide bonds. The average Bonchev–Trinajstić information content (AvgIpc) is 2.86. The number of pyridine rings is 1. The van der Waals surface area contributed by atoms with Crippen LogP contribution in [-0.4, -0.2) is 31.2 Å². The molecule has 3 rings (SSSR count). The minimum atomic E-state index is 0.223. The molecule has 84 valence electrons. The Hall–Kier alpha value is -1.23. The summed E-state index contributed by atoms with van der Waals surface area (Å²) in [7, 11) is 0. The smallest absolute Gasteiger partial charge is 0.155 e. The van der Waals surface area contributed by atoms with Gasteiger partial charge in [0.2, 0.25) is 0 Å². The van der Waals surface area contributed by atoms with Crippen LogP contribution in [0.2, 0.25) is 0 Å². The van der Waals surface area contributed by atoms with Gasteiger partial charge in [0.15, 0.2) is 11.5 Å². The van der Waals surface area contributed by atoms with Gasteiger partial charge in [0, 0.05) is 6.42 Å². The van der Waals surface area contributed by atoms with Crippen LogP contribution < -0.4 is 0 Å². The standard InChI is InChI=1S/C11H13N3OS/c15-9-1-2-11-12-10(13-14(11)6-9)5-8-3-4-16-7-8/h1-2,6,8,15H,3-5,7H2. The molecule has 5 heteroatoms. The molecule has 0 radical (unpaired) electrons. The number of aromatic nitrogens is 3. The van der Waals surface area contributed by atoms with E-state index in [1.54, 1.807) is 22.8 Å². The number of nitrogens with zero attached hydrogens (tertiary/aromatic N) is 3. The first-order valence-corrected chi connectivity index (χ1v) is 6.59. The van der Waals surface area contributed by atoms with E-state index in [-0.39, 0.29) is 5.75 Å². The second-order valence-electron chi connectivity index (χ2n) is 4.15. The fraction of sp³-hybridized carbons (Fsp3) is 0.455. The maximum Gasteiger partial charge on any atom is 0.155 e. The van der Waals surface area contributed by atoms with Gasteiger partial charge in [-0.05, 0) is 36.0 Å². The normalized spacial score (nSPS) is 20.6. The van der Waals surface area contributed by atoms with E-state index in [1.165, 1.54) is 17.9 Å². The summed E-state index contributed by atoms with van der Waals surface area (Å²) in [5.74, 6) is 4.31. The molecule has 0 aromatic carbocycles. The predicted molar refractivity (Wildman–Crippen MR) is 63.8 cm³/mol. The molecular weight excluding hydrogens is 222 g/mol. The second kappa shape index (κ2) is 3.97. The predicted octanol–water partition coefficient (Wildman–Crippen LogP) is 1.73. The number of hydrogen-bond donors (Lipinski definition) is 1. The Kier molecular flexibility index (Phi) is 2.47. The highest BCUT2D eigenvalue weighted by Gasteiger charge is 2.18. The van der Waals surface area contributed by atoms with Gasteiger partial charge >= 0.3 is 0 Å². The zero-order valence-corrected chi connectivity index (χ0v) is 9.65. The summed E-state index contributed by atoms with van der Waals surface area (Å²) in [4.78, 5) is 4.45. The van der Waals surface area contributed by atoms with Crippen molar-refractivity contribution in [2.75, 3.05) is 11.5 Å². The third-order valence-corrected chi connectivity index (χ3v) is 4.09. The summed E-state index contributed by atoms with van der Waals surface area (Å²) in [6, 6.07) is 3.43. The largest absolute Gasteiger partial charge is 0.506 e. The molecule has 0 aliphatic carbocycles. The van der Waals surface area contributed by atoms with Gasteiger partial charge in [0.25, 0.3) is 0 Å². The number of thioether (sulfide) groups is 1. The Balaban J connectivity index is 1.86. The molecular formula is C11H13N3OS. The average molecular weight is 235 g/mol.